The first kappa shape index (κ1) is 14.8. The van der Waals surface area contributed by atoms with E-state index in [0.29, 0.717) is 22.8 Å². The average Bonchev–Trinajstić information content (AvgIpc) is 2.41. The molecule has 2 aromatic rings. The van der Waals surface area contributed by atoms with Crippen LogP contribution >= 0.6 is 23.4 Å². The van der Waals surface area contributed by atoms with Crippen molar-refractivity contribution in [1.82, 2.24) is 5.32 Å². The molecule has 0 bridgehead atoms. The molecule has 0 heterocycles. The van der Waals surface area contributed by atoms with Crippen molar-refractivity contribution < 1.29 is 4.79 Å². The summed E-state index contributed by atoms with van der Waals surface area (Å²) in [6.45, 7) is 2.47. The number of hydrogen-bond donors (Lipinski definition) is 2. The lowest BCUT2D eigenvalue weighted by Gasteiger charge is -2.08. The van der Waals surface area contributed by atoms with Gasteiger partial charge in [-0.1, -0.05) is 29.4 Å². The first-order valence-corrected chi connectivity index (χ1v) is 7.40. The number of nitrogens with two attached hydrogens (primary N) is 1. The summed E-state index contributed by atoms with van der Waals surface area (Å²) in [5.41, 5.74) is 7.16. The van der Waals surface area contributed by atoms with Crippen molar-refractivity contribution in [2.45, 2.75) is 16.7 Å². The minimum Gasteiger partial charge on any atom is -0.398 e. The van der Waals surface area contributed by atoms with E-state index < -0.39 is 0 Å². The molecule has 0 atom stereocenters. The zero-order valence-electron chi connectivity index (χ0n) is 11.0. The second kappa shape index (κ2) is 6.68. The summed E-state index contributed by atoms with van der Waals surface area (Å²) in [5, 5.41) is 3.43. The fourth-order valence-electron chi connectivity index (χ4n) is 1.70. The molecule has 1 amide bonds. The summed E-state index contributed by atoms with van der Waals surface area (Å²) in [5.74, 6) is -0.112. The Hall–Kier alpha value is -1.65. The molecular weight excluding hydrogens is 292 g/mol. The lowest BCUT2D eigenvalue weighted by atomic mass is 10.2. The van der Waals surface area contributed by atoms with Gasteiger partial charge in [0.2, 0.25) is 0 Å². The molecule has 0 spiro atoms. The van der Waals surface area contributed by atoms with E-state index in [2.05, 4.69) is 5.32 Å². The van der Waals surface area contributed by atoms with Gasteiger partial charge in [0.05, 0.1) is 0 Å². The van der Waals surface area contributed by atoms with Gasteiger partial charge in [0.25, 0.3) is 5.91 Å². The van der Waals surface area contributed by atoms with Crippen LogP contribution in [0.3, 0.4) is 0 Å². The Morgan fingerprint density at radius 3 is 2.75 bits per heavy atom. The van der Waals surface area contributed by atoms with Crippen LogP contribution in [0.2, 0.25) is 5.02 Å². The first-order chi connectivity index (χ1) is 9.60. The Bertz CT molecular complexity index is 631. The van der Waals surface area contributed by atoms with E-state index in [1.54, 1.807) is 12.1 Å². The number of carbonyl (C=O) groups is 1. The normalized spacial score (nSPS) is 10.3. The van der Waals surface area contributed by atoms with Crippen LogP contribution in [0, 0.1) is 0 Å². The molecule has 0 saturated carbocycles. The van der Waals surface area contributed by atoms with Crippen LogP contribution in [0.5, 0.6) is 0 Å². The minimum absolute atomic E-state index is 0.112. The predicted molar refractivity (Wildman–Crippen MR) is 84.4 cm³/mol. The molecule has 0 aliphatic heterocycles. The summed E-state index contributed by atoms with van der Waals surface area (Å²) in [6, 6.07) is 12.9. The van der Waals surface area contributed by atoms with Crippen LogP contribution in [-0.4, -0.2) is 12.5 Å². The smallest absolute Gasteiger partial charge is 0.251 e. The topological polar surface area (TPSA) is 55.1 Å². The Balaban J connectivity index is 2.20. The minimum atomic E-state index is -0.112. The largest absolute Gasteiger partial charge is 0.398 e. The number of hydrogen-bond acceptors (Lipinski definition) is 3. The summed E-state index contributed by atoms with van der Waals surface area (Å²) in [4.78, 5) is 13.6. The third-order valence-electron chi connectivity index (χ3n) is 2.63. The van der Waals surface area contributed by atoms with Crippen LogP contribution in [-0.2, 0) is 0 Å². The fraction of sp³-hybridized carbons (Fsp3) is 0.133. The molecule has 0 radical (unpaired) electrons. The second-order valence-electron chi connectivity index (χ2n) is 4.17. The maximum Gasteiger partial charge on any atom is 0.251 e. The van der Waals surface area contributed by atoms with Crippen molar-refractivity contribution in [3.05, 3.63) is 53.1 Å². The summed E-state index contributed by atoms with van der Waals surface area (Å²) in [6.07, 6.45) is 0. The van der Waals surface area contributed by atoms with Gasteiger partial charge in [0, 0.05) is 32.6 Å². The SMILES string of the molecule is CCNC(=O)c1ccc(Sc2cccc(Cl)c2)c(N)c1. The number of benzene rings is 2. The molecule has 0 unspecified atom stereocenters. The van der Waals surface area contributed by atoms with Crippen LogP contribution in [0.25, 0.3) is 0 Å². The Morgan fingerprint density at radius 2 is 2.10 bits per heavy atom. The maximum absolute atomic E-state index is 11.7. The lowest BCUT2D eigenvalue weighted by molar-refractivity contribution is 0.0956. The van der Waals surface area contributed by atoms with Crippen molar-refractivity contribution in [1.29, 1.82) is 0 Å². The van der Waals surface area contributed by atoms with E-state index in [4.69, 9.17) is 17.3 Å². The van der Waals surface area contributed by atoms with E-state index >= 15 is 0 Å². The number of nitrogens with one attached hydrogen (secondary N) is 1. The summed E-state index contributed by atoms with van der Waals surface area (Å²) >= 11 is 7.48. The van der Waals surface area contributed by atoms with Crippen LogP contribution < -0.4 is 11.1 Å². The van der Waals surface area contributed by atoms with Gasteiger partial charge in [-0.05, 0) is 43.3 Å². The lowest BCUT2D eigenvalue weighted by Crippen LogP contribution is -2.22. The fourth-order valence-corrected chi connectivity index (χ4v) is 2.86. The molecule has 0 saturated heterocycles. The standard InChI is InChI=1S/C15H15ClN2OS/c1-2-18-15(19)10-6-7-14(13(17)8-10)20-12-5-3-4-11(16)9-12/h3-9H,2,17H2,1H3,(H,18,19). The summed E-state index contributed by atoms with van der Waals surface area (Å²) in [7, 11) is 0. The van der Waals surface area contributed by atoms with Gasteiger partial charge < -0.3 is 11.1 Å². The third kappa shape index (κ3) is 3.68. The van der Waals surface area contributed by atoms with Crippen molar-refractivity contribution in [2.75, 3.05) is 12.3 Å². The van der Waals surface area contributed by atoms with E-state index in [9.17, 15) is 4.79 Å². The van der Waals surface area contributed by atoms with Crippen LogP contribution in [0.4, 0.5) is 5.69 Å². The number of anilines is 1. The maximum atomic E-state index is 11.7. The quantitative estimate of drug-likeness (QED) is 0.844. The molecule has 0 fully saturated rings. The number of nitrogen functional groups attached to an aromatic ring is 1. The highest BCUT2D eigenvalue weighted by Gasteiger charge is 2.08. The molecular formula is C15H15ClN2OS. The highest BCUT2D eigenvalue weighted by atomic mass is 35.5. The van der Waals surface area contributed by atoms with E-state index in [1.165, 1.54) is 11.8 Å². The number of carbonyl (C=O) groups excluding carboxylic acids is 1. The molecule has 3 N–H and O–H groups in total. The Labute approximate surface area is 127 Å². The summed E-state index contributed by atoms with van der Waals surface area (Å²) < 4.78 is 0. The second-order valence-corrected chi connectivity index (χ2v) is 5.72. The third-order valence-corrected chi connectivity index (χ3v) is 3.95. The Morgan fingerprint density at radius 1 is 1.30 bits per heavy atom. The predicted octanol–water partition coefficient (Wildman–Crippen LogP) is 3.82. The highest BCUT2D eigenvalue weighted by Crippen LogP contribution is 2.33. The number of amides is 1. The number of rotatable bonds is 4. The van der Waals surface area contributed by atoms with Gasteiger partial charge in [-0.2, -0.15) is 0 Å². The number of halogens is 1. The molecule has 5 heteroatoms. The molecule has 2 aromatic carbocycles. The van der Waals surface area contributed by atoms with Gasteiger partial charge in [-0.15, -0.1) is 0 Å². The van der Waals surface area contributed by atoms with Crippen molar-refractivity contribution in [2.24, 2.45) is 0 Å². The van der Waals surface area contributed by atoms with E-state index in [0.717, 1.165) is 9.79 Å². The van der Waals surface area contributed by atoms with Crippen molar-refractivity contribution in [3.63, 3.8) is 0 Å². The van der Waals surface area contributed by atoms with Gasteiger partial charge in [-0.3, -0.25) is 4.79 Å². The van der Waals surface area contributed by atoms with E-state index in [-0.39, 0.29) is 5.91 Å². The first-order valence-electron chi connectivity index (χ1n) is 6.21. The van der Waals surface area contributed by atoms with E-state index in [1.807, 2.05) is 37.3 Å². The monoisotopic (exact) mass is 306 g/mol. The molecule has 2 rings (SSSR count). The van der Waals surface area contributed by atoms with Gasteiger partial charge in [-0.25, -0.2) is 0 Å². The molecule has 0 aliphatic carbocycles. The van der Waals surface area contributed by atoms with Gasteiger partial charge in [0.15, 0.2) is 0 Å². The van der Waals surface area contributed by atoms with Crippen molar-refractivity contribution >= 4 is 35.0 Å². The molecule has 20 heavy (non-hydrogen) atoms. The van der Waals surface area contributed by atoms with Crippen LogP contribution in [0.15, 0.2) is 52.3 Å². The van der Waals surface area contributed by atoms with Gasteiger partial charge in [0.1, 0.15) is 0 Å². The molecule has 3 nitrogen and oxygen atoms in total. The molecule has 104 valence electrons. The molecule has 0 aromatic heterocycles. The van der Waals surface area contributed by atoms with Crippen molar-refractivity contribution in [3.8, 4) is 0 Å². The highest BCUT2D eigenvalue weighted by molar-refractivity contribution is 7.99. The Kier molecular flexibility index (Phi) is 4.93. The zero-order chi connectivity index (χ0) is 14.5. The van der Waals surface area contributed by atoms with Crippen LogP contribution in [0.1, 0.15) is 17.3 Å². The van der Waals surface area contributed by atoms with Gasteiger partial charge >= 0.3 is 0 Å². The molecule has 0 aliphatic rings. The zero-order valence-corrected chi connectivity index (χ0v) is 12.6. The average molecular weight is 307 g/mol.